The van der Waals surface area contributed by atoms with Gasteiger partial charge in [0.05, 0.1) is 56.5 Å². The van der Waals surface area contributed by atoms with Gasteiger partial charge in [0.1, 0.15) is 23.2 Å². The van der Waals surface area contributed by atoms with Crippen LogP contribution in [-0.4, -0.2) is 87.0 Å². The summed E-state index contributed by atoms with van der Waals surface area (Å²) in [6.07, 6.45) is 3.05. The summed E-state index contributed by atoms with van der Waals surface area (Å²) in [4.78, 5) is 22.3. The lowest BCUT2D eigenvalue weighted by Crippen LogP contribution is -2.42. The van der Waals surface area contributed by atoms with Crippen molar-refractivity contribution in [2.45, 2.75) is 24.4 Å². The van der Waals surface area contributed by atoms with Crippen molar-refractivity contribution < 1.29 is 23.8 Å². The fourth-order valence-electron chi connectivity index (χ4n) is 4.68. The second kappa shape index (κ2) is 8.56. The van der Waals surface area contributed by atoms with Crippen LogP contribution in [0, 0.1) is 0 Å². The fourth-order valence-corrected chi connectivity index (χ4v) is 4.68. The van der Waals surface area contributed by atoms with Gasteiger partial charge < -0.3 is 29.8 Å². The van der Waals surface area contributed by atoms with E-state index in [9.17, 15) is 14.3 Å². The summed E-state index contributed by atoms with van der Waals surface area (Å²) < 4.78 is 28.5. The van der Waals surface area contributed by atoms with E-state index in [-0.39, 0.29) is 32.0 Å². The van der Waals surface area contributed by atoms with Gasteiger partial charge in [0.25, 0.3) is 5.91 Å². The van der Waals surface area contributed by atoms with Gasteiger partial charge in [0, 0.05) is 36.5 Å². The quantitative estimate of drug-likeness (QED) is 0.388. The highest BCUT2D eigenvalue weighted by Crippen LogP contribution is 2.35. The zero-order valence-electron chi connectivity index (χ0n) is 18.9. The molecule has 0 spiro atoms. The number of nitrogens with zero attached hydrogens (tertiary/aromatic N) is 5. The van der Waals surface area contributed by atoms with Crippen LogP contribution in [0.2, 0.25) is 0 Å². The summed E-state index contributed by atoms with van der Waals surface area (Å²) in [6, 6.07) is 4.56. The summed E-state index contributed by atoms with van der Waals surface area (Å²) in [5.41, 5.74) is 2.56. The number of halogens is 1. The number of alkyl halides is 1. The van der Waals surface area contributed by atoms with E-state index < -0.39 is 30.3 Å². The largest absolute Gasteiger partial charge is 0.388 e. The molecule has 4 atom stereocenters. The zero-order valence-corrected chi connectivity index (χ0v) is 18.9. The smallest absolute Gasteiger partial charge is 0.257 e. The zero-order chi connectivity index (χ0) is 24.1. The number of hydrogen-bond donors (Lipinski definition) is 3. The van der Waals surface area contributed by atoms with Crippen LogP contribution in [0.1, 0.15) is 16.4 Å². The minimum absolute atomic E-state index is 0.0512. The Morgan fingerprint density at radius 2 is 2.09 bits per heavy atom. The molecule has 11 nitrogen and oxygen atoms in total. The number of nitrogens with one attached hydrogen (secondary N) is 2. The molecule has 0 saturated carbocycles. The molecule has 1 unspecified atom stereocenters. The number of rotatable bonds is 5. The number of aliphatic hydroxyl groups excluding tert-OH is 1. The molecule has 2 aliphatic rings. The van der Waals surface area contributed by atoms with Crippen molar-refractivity contribution in [1.29, 1.82) is 0 Å². The molecule has 182 valence electrons. The third kappa shape index (κ3) is 3.61. The monoisotopic (exact) mass is 481 g/mol. The van der Waals surface area contributed by atoms with Gasteiger partial charge in [-0.1, -0.05) is 0 Å². The van der Waals surface area contributed by atoms with Crippen molar-refractivity contribution in [2.24, 2.45) is 0 Å². The van der Waals surface area contributed by atoms with Gasteiger partial charge in [-0.3, -0.25) is 4.79 Å². The van der Waals surface area contributed by atoms with Gasteiger partial charge in [-0.05, 0) is 12.1 Å². The minimum atomic E-state index is -1.14. The van der Waals surface area contributed by atoms with E-state index in [0.29, 0.717) is 22.8 Å². The van der Waals surface area contributed by atoms with Crippen LogP contribution in [0.25, 0.3) is 27.9 Å². The Kier molecular flexibility index (Phi) is 5.35. The van der Waals surface area contributed by atoms with Gasteiger partial charge in [-0.2, -0.15) is 9.61 Å². The van der Waals surface area contributed by atoms with Crippen molar-refractivity contribution in [3.8, 4) is 11.3 Å². The summed E-state index contributed by atoms with van der Waals surface area (Å²) in [5.74, 6) is 0.208. The number of carbonyl (C=O) groups excluding carboxylic acids is 1. The molecule has 3 N–H and O–H groups in total. The second-order valence-corrected chi connectivity index (χ2v) is 8.70. The topological polar surface area (TPSA) is 128 Å². The summed E-state index contributed by atoms with van der Waals surface area (Å²) >= 11 is 0. The van der Waals surface area contributed by atoms with Gasteiger partial charge in [-0.15, -0.1) is 0 Å². The number of anilines is 1. The first-order valence-electron chi connectivity index (χ1n) is 11.4. The molecule has 4 aromatic heterocycles. The molecule has 2 fully saturated rings. The van der Waals surface area contributed by atoms with Crippen LogP contribution < -0.4 is 10.6 Å². The Hall–Kier alpha value is -3.61. The molecule has 12 heteroatoms. The highest BCUT2D eigenvalue weighted by molar-refractivity contribution is 6.01. The number of ether oxygens (including phenoxy) is 2. The molecule has 2 saturated heterocycles. The lowest BCUT2D eigenvalue weighted by Gasteiger charge is -2.14. The van der Waals surface area contributed by atoms with Gasteiger partial charge in [0.15, 0.2) is 5.65 Å². The van der Waals surface area contributed by atoms with Crippen molar-refractivity contribution in [2.75, 3.05) is 38.8 Å². The first-order valence-corrected chi connectivity index (χ1v) is 11.4. The van der Waals surface area contributed by atoms with Crippen LogP contribution >= 0.6 is 0 Å². The third-order valence-corrected chi connectivity index (χ3v) is 6.55. The normalized spacial score (nSPS) is 24.4. The van der Waals surface area contributed by atoms with Gasteiger partial charge in [-0.25, -0.2) is 14.4 Å². The van der Waals surface area contributed by atoms with Crippen LogP contribution in [0.3, 0.4) is 0 Å². The van der Waals surface area contributed by atoms with E-state index >= 15 is 0 Å². The van der Waals surface area contributed by atoms with E-state index in [0.717, 1.165) is 10.9 Å². The van der Waals surface area contributed by atoms with Crippen molar-refractivity contribution in [3.05, 3.63) is 42.4 Å². The maximum atomic E-state index is 14.6. The number of aromatic nitrogens is 5. The third-order valence-electron chi connectivity index (χ3n) is 6.55. The highest BCUT2D eigenvalue weighted by atomic mass is 19.1. The Morgan fingerprint density at radius 3 is 2.83 bits per heavy atom. The lowest BCUT2D eigenvalue weighted by molar-refractivity contribution is 0.0888. The highest BCUT2D eigenvalue weighted by Gasteiger charge is 2.32. The Balaban J connectivity index is 1.47. The molecule has 0 aromatic carbocycles. The first kappa shape index (κ1) is 21.9. The molecule has 0 radical (unpaired) electrons. The standard InChI is InChI=1S/C23H24FN7O4/c1-25-20-5-16(14-7-30(18-10-34-8-15(18)24)21-12(14)3-2-4-26-21)28-22-13(6-27-31(20)22)23(33)29-17-9-35-11-19(17)32/h2-7,15,17-19,25,32H,8-11H2,1H3,(H,29,33)/t15-,17+,18+,19?/m1/s1. The molecular weight excluding hydrogens is 457 g/mol. The maximum Gasteiger partial charge on any atom is 0.257 e. The Morgan fingerprint density at radius 1 is 1.23 bits per heavy atom. The van der Waals surface area contributed by atoms with Crippen LogP contribution in [0.5, 0.6) is 0 Å². The van der Waals surface area contributed by atoms with E-state index in [4.69, 9.17) is 14.5 Å². The Labute approximate surface area is 198 Å². The van der Waals surface area contributed by atoms with Crippen LogP contribution in [0.15, 0.2) is 36.8 Å². The van der Waals surface area contributed by atoms with Gasteiger partial charge in [0.2, 0.25) is 0 Å². The van der Waals surface area contributed by atoms with E-state index in [1.54, 1.807) is 22.3 Å². The van der Waals surface area contributed by atoms with Crippen molar-refractivity contribution in [3.63, 3.8) is 0 Å². The number of carbonyl (C=O) groups is 1. The molecule has 6 heterocycles. The number of aliphatic hydroxyl groups is 1. The van der Waals surface area contributed by atoms with Crippen molar-refractivity contribution in [1.82, 2.24) is 29.5 Å². The molecule has 2 aliphatic heterocycles. The van der Waals surface area contributed by atoms with Crippen LogP contribution in [0.4, 0.5) is 10.2 Å². The fraction of sp³-hybridized carbons (Fsp3) is 0.391. The molecule has 0 aliphatic carbocycles. The SMILES string of the molecule is CNc1cc(-c2cn([C@H]3COC[C@H]3F)c3ncccc23)nc2c(C(=O)N[C@H]3COCC3O)cnn12. The summed E-state index contributed by atoms with van der Waals surface area (Å²) in [7, 11) is 1.75. The molecule has 1 amide bonds. The lowest BCUT2D eigenvalue weighted by atomic mass is 10.1. The van der Waals surface area contributed by atoms with Gasteiger partial charge >= 0.3 is 0 Å². The Bertz CT molecular complexity index is 1420. The average molecular weight is 481 g/mol. The second-order valence-electron chi connectivity index (χ2n) is 8.70. The van der Waals surface area contributed by atoms with Crippen LogP contribution in [-0.2, 0) is 9.47 Å². The number of amides is 1. The summed E-state index contributed by atoms with van der Waals surface area (Å²) in [6.45, 7) is 0.726. The van der Waals surface area contributed by atoms with E-state index in [2.05, 4.69) is 20.7 Å². The summed E-state index contributed by atoms with van der Waals surface area (Å²) in [5, 5.41) is 21.0. The first-order chi connectivity index (χ1) is 17.0. The molecule has 6 rings (SSSR count). The predicted octanol–water partition coefficient (Wildman–Crippen LogP) is 1.19. The molecule has 4 aromatic rings. The molecule has 0 bridgehead atoms. The number of fused-ring (bicyclic) bond motifs is 2. The van der Waals surface area contributed by atoms with Crippen molar-refractivity contribution >= 4 is 28.4 Å². The molecule has 35 heavy (non-hydrogen) atoms. The minimum Gasteiger partial charge on any atom is -0.388 e. The number of pyridine rings is 1. The average Bonchev–Trinajstić information content (AvgIpc) is 3.65. The maximum absolute atomic E-state index is 14.6. The predicted molar refractivity (Wildman–Crippen MR) is 124 cm³/mol. The van der Waals surface area contributed by atoms with E-state index in [1.807, 2.05) is 24.4 Å². The molecular formula is C23H24FN7O4. The van der Waals surface area contributed by atoms with E-state index in [1.165, 1.54) is 6.20 Å². The number of hydrogen-bond acceptors (Lipinski definition) is 8.